The van der Waals surface area contributed by atoms with Gasteiger partial charge in [0.05, 0.1) is 12.1 Å². The SMILES string of the molecule is Cc1cc2onc(CC(=O)Nc3cccc(-c4ccc(=O)[nH]n4)c3)c2cc1C. The van der Waals surface area contributed by atoms with Crippen molar-refractivity contribution < 1.29 is 9.32 Å². The Hall–Kier alpha value is -3.74. The predicted octanol–water partition coefficient (Wildman–Crippen LogP) is 3.38. The van der Waals surface area contributed by atoms with E-state index in [1.807, 2.05) is 38.1 Å². The van der Waals surface area contributed by atoms with Crippen molar-refractivity contribution in [1.29, 1.82) is 0 Å². The van der Waals surface area contributed by atoms with E-state index >= 15 is 0 Å². The molecular formula is C21H18N4O3. The van der Waals surface area contributed by atoms with E-state index in [2.05, 4.69) is 20.7 Å². The summed E-state index contributed by atoms with van der Waals surface area (Å²) in [6.07, 6.45) is 0.108. The van der Waals surface area contributed by atoms with Crippen LogP contribution in [0.3, 0.4) is 0 Å². The standard InChI is InChI=1S/C21H18N4O3/c1-12-8-16-18(25-28-19(16)9-13(12)2)11-21(27)22-15-5-3-4-14(10-15)17-6-7-20(26)24-23-17/h3-10H,11H2,1-2H3,(H,22,27)(H,24,26). The van der Waals surface area contributed by atoms with Gasteiger partial charge in [-0.15, -0.1) is 0 Å². The first-order valence-electron chi connectivity index (χ1n) is 8.81. The Morgan fingerprint density at radius 3 is 2.71 bits per heavy atom. The van der Waals surface area contributed by atoms with Crippen LogP contribution in [0, 0.1) is 13.8 Å². The minimum absolute atomic E-state index is 0.108. The summed E-state index contributed by atoms with van der Waals surface area (Å²) in [6.45, 7) is 4.02. The van der Waals surface area contributed by atoms with Crippen molar-refractivity contribution in [3.05, 3.63) is 75.7 Å². The number of fused-ring (bicyclic) bond motifs is 1. The number of hydrogen-bond donors (Lipinski definition) is 2. The summed E-state index contributed by atoms with van der Waals surface area (Å²) < 4.78 is 5.36. The monoisotopic (exact) mass is 374 g/mol. The van der Waals surface area contributed by atoms with E-state index in [9.17, 15) is 9.59 Å². The van der Waals surface area contributed by atoms with E-state index in [1.165, 1.54) is 6.07 Å². The highest BCUT2D eigenvalue weighted by atomic mass is 16.5. The molecule has 4 rings (SSSR count). The molecule has 2 heterocycles. The Labute approximate surface area is 160 Å². The molecule has 2 aromatic heterocycles. The number of hydrogen-bond acceptors (Lipinski definition) is 5. The van der Waals surface area contributed by atoms with Crippen LogP contribution in [0.4, 0.5) is 5.69 Å². The van der Waals surface area contributed by atoms with Crippen LogP contribution in [0.2, 0.25) is 0 Å². The van der Waals surface area contributed by atoms with Crippen molar-refractivity contribution in [3.63, 3.8) is 0 Å². The van der Waals surface area contributed by atoms with Gasteiger partial charge < -0.3 is 9.84 Å². The largest absolute Gasteiger partial charge is 0.356 e. The molecule has 7 heteroatoms. The van der Waals surface area contributed by atoms with E-state index in [1.54, 1.807) is 18.2 Å². The summed E-state index contributed by atoms with van der Waals surface area (Å²) in [5.41, 5.74) is 5.29. The third-order valence-corrected chi connectivity index (χ3v) is 4.61. The molecule has 0 atom stereocenters. The van der Waals surface area contributed by atoms with Crippen molar-refractivity contribution in [2.24, 2.45) is 0 Å². The second kappa shape index (κ2) is 7.11. The molecule has 1 amide bonds. The molecule has 0 aliphatic carbocycles. The number of aromatic nitrogens is 3. The fourth-order valence-corrected chi connectivity index (χ4v) is 2.99. The number of H-pyrrole nitrogens is 1. The van der Waals surface area contributed by atoms with Gasteiger partial charge in [0.15, 0.2) is 5.58 Å². The number of carbonyl (C=O) groups excluding carboxylic acids is 1. The van der Waals surface area contributed by atoms with Crippen LogP contribution < -0.4 is 10.9 Å². The first kappa shape index (κ1) is 17.7. The molecule has 0 saturated carbocycles. The summed E-state index contributed by atoms with van der Waals surface area (Å²) >= 11 is 0. The number of amides is 1. The van der Waals surface area contributed by atoms with E-state index in [-0.39, 0.29) is 17.9 Å². The lowest BCUT2D eigenvalue weighted by atomic mass is 10.1. The van der Waals surface area contributed by atoms with Crippen LogP contribution in [0.25, 0.3) is 22.2 Å². The van der Waals surface area contributed by atoms with E-state index < -0.39 is 0 Å². The van der Waals surface area contributed by atoms with Crippen LogP contribution in [0.5, 0.6) is 0 Å². The number of aryl methyl sites for hydroxylation is 2. The van der Waals surface area contributed by atoms with Gasteiger partial charge in [-0.1, -0.05) is 17.3 Å². The van der Waals surface area contributed by atoms with Crippen LogP contribution in [0.15, 0.2) is 57.8 Å². The van der Waals surface area contributed by atoms with Gasteiger partial charge in [-0.3, -0.25) is 9.59 Å². The maximum atomic E-state index is 12.5. The minimum atomic E-state index is -0.265. The number of nitrogens with zero attached hydrogens (tertiary/aromatic N) is 2. The number of benzene rings is 2. The van der Waals surface area contributed by atoms with Gasteiger partial charge in [0.2, 0.25) is 5.91 Å². The zero-order valence-electron chi connectivity index (χ0n) is 15.4. The first-order chi connectivity index (χ1) is 13.5. The van der Waals surface area contributed by atoms with Gasteiger partial charge in [0, 0.05) is 22.7 Å². The predicted molar refractivity (Wildman–Crippen MR) is 106 cm³/mol. The highest BCUT2D eigenvalue weighted by Crippen LogP contribution is 2.24. The summed E-state index contributed by atoms with van der Waals surface area (Å²) in [4.78, 5) is 23.7. The van der Waals surface area contributed by atoms with Crippen molar-refractivity contribution in [3.8, 4) is 11.3 Å². The molecule has 0 unspecified atom stereocenters. The van der Waals surface area contributed by atoms with Crippen LogP contribution in [0.1, 0.15) is 16.8 Å². The molecular weight excluding hydrogens is 356 g/mol. The third kappa shape index (κ3) is 3.55. The van der Waals surface area contributed by atoms with Crippen molar-refractivity contribution in [1.82, 2.24) is 15.4 Å². The highest BCUT2D eigenvalue weighted by molar-refractivity contribution is 5.95. The second-order valence-corrected chi connectivity index (χ2v) is 6.67. The summed E-state index contributed by atoms with van der Waals surface area (Å²) in [7, 11) is 0. The Balaban J connectivity index is 1.53. The molecule has 140 valence electrons. The van der Waals surface area contributed by atoms with Crippen LogP contribution in [-0.4, -0.2) is 21.3 Å². The highest BCUT2D eigenvalue weighted by Gasteiger charge is 2.14. The first-order valence-corrected chi connectivity index (χ1v) is 8.81. The molecule has 0 aliphatic heterocycles. The number of carbonyl (C=O) groups is 1. The van der Waals surface area contributed by atoms with Crippen molar-refractivity contribution >= 4 is 22.6 Å². The Kier molecular flexibility index (Phi) is 4.49. The lowest BCUT2D eigenvalue weighted by Crippen LogP contribution is -2.14. The van der Waals surface area contributed by atoms with Gasteiger partial charge in [-0.2, -0.15) is 5.10 Å². The topological polar surface area (TPSA) is 101 Å². The summed E-state index contributed by atoms with van der Waals surface area (Å²) in [6, 6.07) is 14.2. The molecule has 0 radical (unpaired) electrons. The number of anilines is 1. The van der Waals surface area contributed by atoms with Gasteiger partial charge >= 0.3 is 0 Å². The van der Waals surface area contributed by atoms with E-state index in [0.717, 1.165) is 22.1 Å². The number of nitrogens with one attached hydrogen (secondary N) is 2. The molecule has 0 saturated heterocycles. The summed E-state index contributed by atoms with van der Waals surface area (Å²) in [5.74, 6) is -0.194. The minimum Gasteiger partial charge on any atom is -0.356 e. The van der Waals surface area contributed by atoms with Gasteiger partial charge in [0.1, 0.15) is 5.69 Å². The smallest absolute Gasteiger partial charge is 0.264 e. The average Bonchev–Trinajstić information content (AvgIpc) is 3.04. The number of aromatic amines is 1. The van der Waals surface area contributed by atoms with E-state index in [0.29, 0.717) is 22.7 Å². The Morgan fingerprint density at radius 2 is 1.93 bits per heavy atom. The van der Waals surface area contributed by atoms with Crippen molar-refractivity contribution in [2.45, 2.75) is 20.3 Å². The normalized spacial score (nSPS) is 10.9. The second-order valence-electron chi connectivity index (χ2n) is 6.67. The molecule has 0 aliphatic rings. The fourth-order valence-electron chi connectivity index (χ4n) is 2.99. The van der Waals surface area contributed by atoms with E-state index in [4.69, 9.17) is 4.52 Å². The lowest BCUT2D eigenvalue weighted by Gasteiger charge is -2.07. The Morgan fingerprint density at radius 1 is 1.11 bits per heavy atom. The Bertz CT molecular complexity index is 1220. The van der Waals surface area contributed by atoms with Crippen LogP contribution in [-0.2, 0) is 11.2 Å². The molecule has 0 spiro atoms. The average molecular weight is 374 g/mol. The molecule has 28 heavy (non-hydrogen) atoms. The zero-order valence-corrected chi connectivity index (χ0v) is 15.4. The fraction of sp³-hybridized carbons (Fsp3) is 0.143. The van der Waals surface area contributed by atoms with Crippen LogP contribution >= 0.6 is 0 Å². The lowest BCUT2D eigenvalue weighted by molar-refractivity contribution is -0.115. The molecule has 4 aromatic rings. The maximum Gasteiger partial charge on any atom is 0.264 e. The zero-order chi connectivity index (χ0) is 19.7. The van der Waals surface area contributed by atoms with Gasteiger partial charge in [-0.25, -0.2) is 5.10 Å². The maximum absolute atomic E-state index is 12.5. The molecule has 7 nitrogen and oxygen atoms in total. The molecule has 2 aromatic carbocycles. The molecule has 0 bridgehead atoms. The summed E-state index contributed by atoms with van der Waals surface area (Å²) in [5, 5.41) is 14.2. The quantitative estimate of drug-likeness (QED) is 0.570. The van der Waals surface area contributed by atoms with Gasteiger partial charge in [0.25, 0.3) is 5.56 Å². The van der Waals surface area contributed by atoms with Gasteiger partial charge in [-0.05, 0) is 55.3 Å². The van der Waals surface area contributed by atoms with Crippen molar-refractivity contribution in [2.75, 3.05) is 5.32 Å². The molecule has 2 N–H and O–H groups in total. The molecule has 0 fully saturated rings. The third-order valence-electron chi connectivity index (χ3n) is 4.61. The number of rotatable bonds is 4.